The number of aromatic nitrogens is 1. The quantitative estimate of drug-likeness (QED) is 0.572. The first kappa shape index (κ1) is 17.2. The number of aryl methyl sites for hydroxylation is 2. The SMILES string of the molecule is Cc1ccc(N/C=C(/C#N)c2nc(-c3ccc(Cl)cc3)cs2)cc1C. The molecule has 1 aromatic heterocycles. The molecule has 1 N–H and O–H groups in total. The normalized spacial score (nSPS) is 11.2. The van der Waals surface area contributed by atoms with Crippen molar-refractivity contribution in [3.8, 4) is 17.3 Å². The van der Waals surface area contributed by atoms with Crippen LogP contribution < -0.4 is 5.32 Å². The predicted molar refractivity (Wildman–Crippen MR) is 106 cm³/mol. The Labute approximate surface area is 156 Å². The highest BCUT2D eigenvalue weighted by molar-refractivity contribution is 7.11. The van der Waals surface area contributed by atoms with Gasteiger partial charge in [-0.2, -0.15) is 5.26 Å². The van der Waals surface area contributed by atoms with E-state index < -0.39 is 0 Å². The lowest BCUT2D eigenvalue weighted by molar-refractivity contribution is 1.33. The number of halogens is 1. The Morgan fingerprint density at radius 2 is 1.92 bits per heavy atom. The van der Waals surface area contributed by atoms with Gasteiger partial charge >= 0.3 is 0 Å². The van der Waals surface area contributed by atoms with E-state index in [2.05, 4.69) is 42.4 Å². The van der Waals surface area contributed by atoms with Gasteiger partial charge in [0, 0.05) is 27.9 Å². The Bertz CT molecular complexity index is 965. The van der Waals surface area contributed by atoms with Crippen LogP contribution in [0, 0.1) is 25.2 Å². The summed E-state index contributed by atoms with van der Waals surface area (Å²) in [6.07, 6.45) is 1.70. The molecule has 1 heterocycles. The maximum atomic E-state index is 9.46. The lowest BCUT2D eigenvalue weighted by atomic mass is 10.1. The zero-order valence-electron chi connectivity index (χ0n) is 13.9. The fourth-order valence-corrected chi connectivity index (χ4v) is 3.20. The molecule has 2 aromatic carbocycles. The second kappa shape index (κ2) is 7.52. The summed E-state index contributed by atoms with van der Waals surface area (Å²) < 4.78 is 0. The van der Waals surface area contributed by atoms with Crippen molar-refractivity contribution in [1.29, 1.82) is 5.26 Å². The first-order valence-electron chi connectivity index (χ1n) is 7.73. The number of anilines is 1. The molecule has 0 unspecified atom stereocenters. The highest BCUT2D eigenvalue weighted by Crippen LogP contribution is 2.27. The molecule has 0 fully saturated rings. The summed E-state index contributed by atoms with van der Waals surface area (Å²) in [5.41, 5.74) is 5.71. The molecule has 0 atom stereocenters. The van der Waals surface area contributed by atoms with Crippen molar-refractivity contribution in [2.24, 2.45) is 0 Å². The number of hydrogen-bond donors (Lipinski definition) is 1. The second-order valence-corrected chi connectivity index (χ2v) is 6.95. The predicted octanol–water partition coefficient (Wildman–Crippen LogP) is 6.06. The highest BCUT2D eigenvalue weighted by Gasteiger charge is 2.09. The molecule has 0 saturated heterocycles. The number of benzene rings is 2. The largest absolute Gasteiger partial charge is 0.360 e. The van der Waals surface area contributed by atoms with Crippen molar-refractivity contribution < 1.29 is 0 Å². The number of nitrogens with one attached hydrogen (secondary N) is 1. The van der Waals surface area contributed by atoms with Gasteiger partial charge in [-0.25, -0.2) is 4.98 Å². The van der Waals surface area contributed by atoms with Gasteiger partial charge in [0.25, 0.3) is 0 Å². The standard InChI is InChI=1S/C20H16ClN3S/c1-13-3-8-18(9-14(13)2)23-11-16(10-22)20-24-19(12-25-20)15-4-6-17(21)7-5-15/h3-9,11-12,23H,1-2H3/b16-11-. The van der Waals surface area contributed by atoms with E-state index in [1.165, 1.54) is 22.5 Å². The molecule has 3 rings (SSSR count). The van der Waals surface area contributed by atoms with Crippen LogP contribution in [0.15, 0.2) is 54.0 Å². The lowest BCUT2D eigenvalue weighted by Gasteiger charge is -2.05. The van der Waals surface area contributed by atoms with Crippen molar-refractivity contribution >= 4 is 34.2 Å². The van der Waals surface area contributed by atoms with Crippen LogP contribution in [0.1, 0.15) is 16.1 Å². The fourth-order valence-electron chi connectivity index (χ4n) is 2.28. The Hall–Kier alpha value is -2.61. The zero-order valence-corrected chi connectivity index (χ0v) is 15.4. The first-order valence-corrected chi connectivity index (χ1v) is 8.98. The topological polar surface area (TPSA) is 48.7 Å². The van der Waals surface area contributed by atoms with Crippen molar-refractivity contribution in [2.45, 2.75) is 13.8 Å². The molecule has 0 spiro atoms. The zero-order chi connectivity index (χ0) is 17.8. The van der Waals surface area contributed by atoms with Gasteiger partial charge in [-0.15, -0.1) is 11.3 Å². The van der Waals surface area contributed by atoms with Gasteiger partial charge in [0.2, 0.25) is 0 Å². The summed E-state index contributed by atoms with van der Waals surface area (Å²) in [4.78, 5) is 4.57. The molecule has 0 saturated carbocycles. The van der Waals surface area contributed by atoms with Gasteiger partial charge in [-0.05, 0) is 49.2 Å². The van der Waals surface area contributed by atoms with Gasteiger partial charge in [0.15, 0.2) is 0 Å². The summed E-state index contributed by atoms with van der Waals surface area (Å²) in [7, 11) is 0. The van der Waals surface area contributed by atoms with E-state index in [1.54, 1.807) is 6.20 Å². The molecule has 0 radical (unpaired) electrons. The molecule has 0 bridgehead atoms. The molecule has 25 heavy (non-hydrogen) atoms. The van der Waals surface area contributed by atoms with Crippen LogP contribution in [0.4, 0.5) is 5.69 Å². The number of hydrogen-bond acceptors (Lipinski definition) is 4. The van der Waals surface area contributed by atoms with Crippen molar-refractivity contribution in [3.63, 3.8) is 0 Å². The van der Waals surface area contributed by atoms with Gasteiger partial charge < -0.3 is 5.32 Å². The summed E-state index contributed by atoms with van der Waals surface area (Å²) in [5, 5.41) is 16.0. The van der Waals surface area contributed by atoms with Crippen LogP contribution in [0.25, 0.3) is 16.8 Å². The van der Waals surface area contributed by atoms with E-state index in [0.29, 0.717) is 15.6 Å². The first-order chi connectivity index (χ1) is 12.1. The van der Waals surface area contributed by atoms with E-state index in [1.807, 2.05) is 35.7 Å². The smallest absolute Gasteiger partial charge is 0.136 e. The monoisotopic (exact) mass is 365 g/mol. The summed E-state index contributed by atoms with van der Waals surface area (Å²) in [5.74, 6) is 0. The van der Waals surface area contributed by atoms with Crippen LogP contribution in [-0.4, -0.2) is 4.98 Å². The van der Waals surface area contributed by atoms with E-state index in [-0.39, 0.29) is 0 Å². The van der Waals surface area contributed by atoms with Crippen LogP contribution in [0.2, 0.25) is 5.02 Å². The number of nitrogens with zero attached hydrogens (tertiary/aromatic N) is 2. The van der Waals surface area contributed by atoms with Crippen LogP contribution in [0.5, 0.6) is 0 Å². The minimum absolute atomic E-state index is 0.503. The number of thiazole rings is 1. The Morgan fingerprint density at radius 3 is 2.60 bits per heavy atom. The number of nitriles is 1. The highest BCUT2D eigenvalue weighted by atomic mass is 35.5. The minimum atomic E-state index is 0.503. The second-order valence-electron chi connectivity index (χ2n) is 5.66. The van der Waals surface area contributed by atoms with E-state index >= 15 is 0 Å². The Balaban J connectivity index is 1.82. The molecule has 0 amide bonds. The minimum Gasteiger partial charge on any atom is -0.360 e. The van der Waals surface area contributed by atoms with E-state index in [4.69, 9.17) is 11.6 Å². The molecule has 124 valence electrons. The van der Waals surface area contributed by atoms with E-state index in [0.717, 1.165) is 16.9 Å². The summed E-state index contributed by atoms with van der Waals surface area (Å²) in [6.45, 7) is 4.14. The van der Waals surface area contributed by atoms with E-state index in [9.17, 15) is 5.26 Å². The van der Waals surface area contributed by atoms with Crippen molar-refractivity contribution in [1.82, 2.24) is 4.98 Å². The molecule has 0 aliphatic rings. The third-order valence-electron chi connectivity index (χ3n) is 3.89. The fraction of sp³-hybridized carbons (Fsp3) is 0.100. The maximum Gasteiger partial charge on any atom is 0.136 e. The molecular weight excluding hydrogens is 350 g/mol. The third-order valence-corrected chi connectivity index (χ3v) is 5.01. The molecule has 0 aliphatic heterocycles. The third kappa shape index (κ3) is 4.08. The van der Waals surface area contributed by atoms with Crippen LogP contribution >= 0.6 is 22.9 Å². The molecule has 0 aliphatic carbocycles. The lowest BCUT2D eigenvalue weighted by Crippen LogP contribution is -1.92. The average Bonchev–Trinajstić information content (AvgIpc) is 3.09. The summed E-state index contributed by atoms with van der Waals surface area (Å²) in [6, 6.07) is 15.8. The maximum absolute atomic E-state index is 9.46. The number of rotatable bonds is 4. The van der Waals surface area contributed by atoms with Crippen molar-refractivity contribution in [2.75, 3.05) is 5.32 Å². The van der Waals surface area contributed by atoms with Crippen LogP contribution in [-0.2, 0) is 0 Å². The number of allylic oxidation sites excluding steroid dienone is 1. The average molecular weight is 366 g/mol. The van der Waals surface area contributed by atoms with Gasteiger partial charge in [-0.1, -0.05) is 29.8 Å². The van der Waals surface area contributed by atoms with Crippen molar-refractivity contribution in [3.05, 3.63) is 75.2 Å². The van der Waals surface area contributed by atoms with Gasteiger partial charge in [0.1, 0.15) is 16.6 Å². The Morgan fingerprint density at radius 1 is 1.16 bits per heavy atom. The van der Waals surface area contributed by atoms with Crippen LogP contribution in [0.3, 0.4) is 0 Å². The van der Waals surface area contributed by atoms with Gasteiger partial charge in [-0.3, -0.25) is 0 Å². The molecule has 3 nitrogen and oxygen atoms in total. The Kier molecular flexibility index (Phi) is 5.18. The molecular formula is C20H16ClN3S. The summed E-state index contributed by atoms with van der Waals surface area (Å²) >= 11 is 7.37. The molecule has 3 aromatic rings. The van der Waals surface area contributed by atoms with Gasteiger partial charge in [0.05, 0.1) is 5.69 Å². The molecule has 5 heteroatoms.